The van der Waals surface area contributed by atoms with Crippen LogP contribution in [0.15, 0.2) is 60.7 Å². The molecule has 0 aliphatic rings. The van der Waals surface area contributed by atoms with Gasteiger partial charge < -0.3 is 0 Å². The fourth-order valence-corrected chi connectivity index (χ4v) is 9.00. The van der Waals surface area contributed by atoms with Crippen molar-refractivity contribution in [2.75, 3.05) is 12.8 Å². The first kappa shape index (κ1) is 27.7. The van der Waals surface area contributed by atoms with E-state index in [1.807, 2.05) is 0 Å². The number of hydrogen-bond donors (Lipinski definition) is 0. The highest BCUT2D eigenvalue weighted by Gasteiger charge is 2.36. The van der Waals surface area contributed by atoms with E-state index in [2.05, 4.69) is 102 Å². The highest BCUT2D eigenvalue weighted by atomic mass is 31.2. The predicted molar refractivity (Wildman–Crippen MR) is 161 cm³/mol. The minimum Gasteiger partial charge on any atom is -0.0620 e. The lowest BCUT2D eigenvalue weighted by Gasteiger charge is -2.23. The molecule has 0 fully saturated rings. The molecule has 0 heterocycles. The molecule has 0 N–H and O–H groups in total. The first-order valence-corrected chi connectivity index (χ1v) is 16.3. The van der Waals surface area contributed by atoms with Crippen LogP contribution < -0.4 is 10.6 Å². The van der Waals surface area contributed by atoms with Crippen LogP contribution in [0.2, 0.25) is 0 Å². The van der Waals surface area contributed by atoms with Gasteiger partial charge in [-0.25, -0.2) is 0 Å². The zero-order valence-corrected chi connectivity index (χ0v) is 24.2. The van der Waals surface area contributed by atoms with E-state index in [9.17, 15) is 0 Å². The average molecular weight is 488 g/mol. The van der Waals surface area contributed by atoms with E-state index in [1.54, 1.807) is 16.2 Å². The first-order valence-electron chi connectivity index (χ1n) is 13.9. The van der Waals surface area contributed by atoms with Crippen molar-refractivity contribution in [1.82, 2.24) is 0 Å². The molecule has 0 atom stereocenters. The monoisotopic (exact) mass is 487 g/mol. The second-order valence-corrected chi connectivity index (χ2v) is 14.6. The van der Waals surface area contributed by atoms with Gasteiger partial charge >= 0.3 is 0 Å². The quantitative estimate of drug-likeness (QED) is 0.166. The van der Waals surface area contributed by atoms with E-state index < -0.39 is 7.26 Å². The molecular formula is C34H48P+. The molecule has 3 aromatic carbocycles. The Bertz CT molecular complexity index is 980. The lowest BCUT2D eigenvalue weighted by molar-refractivity contribution is 0.575. The molecule has 0 spiro atoms. The van der Waals surface area contributed by atoms with Crippen LogP contribution in [0.5, 0.6) is 0 Å². The molecule has 0 saturated heterocycles. The van der Waals surface area contributed by atoms with E-state index in [-0.39, 0.29) is 0 Å². The third-order valence-electron chi connectivity index (χ3n) is 8.59. The number of unbranched alkanes of at least 4 members (excludes halogenated alkanes) is 7. The summed E-state index contributed by atoms with van der Waals surface area (Å²) in [6.45, 7) is 14.1. The second-order valence-electron chi connectivity index (χ2n) is 10.8. The molecule has 35 heavy (non-hydrogen) atoms. The van der Waals surface area contributed by atoms with Crippen molar-refractivity contribution < 1.29 is 0 Å². The highest BCUT2D eigenvalue weighted by molar-refractivity contribution is 7.88. The number of rotatable bonds is 13. The Morgan fingerprint density at radius 3 is 1.29 bits per heavy atom. The maximum Gasteiger partial charge on any atom is 0.0988 e. The largest absolute Gasteiger partial charge is 0.0988 e. The molecule has 0 aromatic heterocycles. The van der Waals surface area contributed by atoms with Gasteiger partial charge in [0.1, 0.15) is 0 Å². The van der Waals surface area contributed by atoms with Crippen LogP contribution in [0.3, 0.4) is 0 Å². The summed E-state index contributed by atoms with van der Waals surface area (Å²) < 4.78 is 0. The van der Waals surface area contributed by atoms with E-state index in [0.717, 1.165) is 0 Å². The summed E-state index contributed by atoms with van der Waals surface area (Å²) in [5, 5.41) is 3.10. The van der Waals surface area contributed by atoms with Crippen molar-refractivity contribution in [2.24, 2.45) is 0 Å². The summed E-state index contributed by atoms with van der Waals surface area (Å²) in [7, 11) is -1.29. The average Bonchev–Trinajstić information content (AvgIpc) is 2.90. The summed E-state index contributed by atoms with van der Waals surface area (Å²) >= 11 is 0. The molecule has 0 aliphatic carbocycles. The van der Waals surface area contributed by atoms with E-state index >= 15 is 0 Å². The summed E-state index contributed by atoms with van der Waals surface area (Å²) in [5.74, 6) is 0. The number of benzene rings is 3. The van der Waals surface area contributed by atoms with E-state index in [4.69, 9.17) is 0 Å². The molecule has 3 rings (SSSR count). The molecule has 3 aromatic rings. The molecule has 188 valence electrons. The Hall–Kier alpha value is -1.91. The molecule has 0 aliphatic heterocycles. The first-order chi connectivity index (χ1) is 16.9. The van der Waals surface area contributed by atoms with Crippen LogP contribution in [0.1, 0.15) is 84.7 Å². The zero-order valence-electron chi connectivity index (χ0n) is 23.3. The van der Waals surface area contributed by atoms with Gasteiger partial charge in [0, 0.05) is 0 Å². The van der Waals surface area contributed by atoms with Gasteiger partial charge in [-0.15, -0.1) is 0 Å². The van der Waals surface area contributed by atoms with Gasteiger partial charge in [-0.1, -0.05) is 68.5 Å². The standard InChI is InChI=1S/C34H48P/c1-27-28(2)30(4)34(31(5)29(27)3)25-19-11-9-7-8-10-12-20-26-35(6,32-21-15-13-16-22-32)33-23-17-14-18-24-33/h13-18,21-24H,7-12,19-20,25-26H2,1-6H3/q+1. The highest BCUT2D eigenvalue weighted by Crippen LogP contribution is 2.53. The van der Waals surface area contributed by atoms with Gasteiger partial charge in [-0.05, 0) is 118 Å². The topological polar surface area (TPSA) is 0 Å². The van der Waals surface area contributed by atoms with E-state index in [0.29, 0.717) is 0 Å². The lowest BCUT2D eigenvalue weighted by Crippen LogP contribution is -2.23. The third kappa shape index (κ3) is 7.07. The van der Waals surface area contributed by atoms with Crippen LogP contribution in [0.4, 0.5) is 0 Å². The van der Waals surface area contributed by atoms with Crippen molar-refractivity contribution in [3.8, 4) is 0 Å². The van der Waals surface area contributed by atoms with E-state index in [1.165, 1.54) is 91.8 Å². The van der Waals surface area contributed by atoms with Gasteiger partial charge in [-0.2, -0.15) is 0 Å². The van der Waals surface area contributed by atoms with Gasteiger partial charge in [0.25, 0.3) is 0 Å². The maximum atomic E-state index is 2.54. The Kier molecular flexibility index (Phi) is 10.6. The fourth-order valence-electron chi connectivity index (χ4n) is 5.66. The van der Waals surface area contributed by atoms with Crippen LogP contribution in [0, 0.1) is 34.6 Å². The molecule has 0 saturated carbocycles. The molecule has 0 nitrogen and oxygen atoms in total. The van der Waals surface area contributed by atoms with Crippen LogP contribution >= 0.6 is 7.26 Å². The minimum absolute atomic E-state index is 1.25. The molecule has 0 unspecified atom stereocenters. The van der Waals surface area contributed by atoms with Crippen LogP contribution in [-0.4, -0.2) is 12.8 Å². The molecular weight excluding hydrogens is 439 g/mol. The van der Waals surface area contributed by atoms with Crippen molar-refractivity contribution in [3.63, 3.8) is 0 Å². The molecule has 1 heteroatoms. The van der Waals surface area contributed by atoms with Gasteiger partial charge in [-0.3, -0.25) is 0 Å². The Labute approximate surface area is 216 Å². The minimum atomic E-state index is -1.29. The molecule has 0 bridgehead atoms. The van der Waals surface area contributed by atoms with Gasteiger partial charge in [0.15, 0.2) is 0 Å². The molecule has 0 amide bonds. The summed E-state index contributed by atoms with van der Waals surface area (Å²) in [5.41, 5.74) is 9.17. The fraction of sp³-hybridized carbons (Fsp3) is 0.471. The maximum absolute atomic E-state index is 2.54. The third-order valence-corrected chi connectivity index (χ3v) is 12.7. The Balaban J connectivity index is 1.37. The van der Waals surface area contributed by atoms with Crippen LogP contribution in [-0.2, 0) is 6.42 Å². The zero-order chi connectivity index (χ0) is 25.3. The SMILES string of the molecule is Cc1c(C)c(C)c(CCCCCCCCCC[P+](C)(c2ccccc2)c2ccccc2)c(C)c1C. The van der Waals surface area contributed by atoms with Crippen molar-refractivity contribution in [2.45, 2.75) is 92.4 Å². The Morgan fingerprint density at radius 2 is 0.829 bits per heavy atom. The van der Waals surface area contributed by atoms with Crippen molar-refractivity contribution >= 4 is 17.9 Å². The summed E-state index contributed by atoms with van der Waals surface area (Å²) in [4.78, 5) is 0. The second kappa shape index (κ2) is 13.4. The van der Waals surface area contributed by atoms with Crippen molar-refractivity contribution in [3.05, 3.63) is 94.0 Å². The Morgan fingerprint density at radius 1 is 0.457 bits per heavy atom. The predicted octanol–water partition coefficient (Wildman–Crippen LogP) is 9.19. The molecule has 0 radical (unpaired) electrons. The van der Waals surface area contributed by atoms with Crippen molar-refractivity contribution in [1.29, 1.82) is 0 Å². The van der Waals surface area contributed by atoms with Gasteiger partial charge in [0.2, 0.25) is 0 Å². The normalized spacial score (nSPS) is 11.7. The lowest BCUT2D eigenvalue weighted by atomic mass is 9.87. The van der Waals surface area contributed by atoms with Crippen LogP contribution in [0.25, 0.3) is 0 Å². The summed E-state index contributed by atoms with van der Waals surface area (Å²) in [6.07, 6.45) is 13.6. The number of hydrogen-bond acceptors (Lipinski definition) is 0. The summed E-state index contributed by atoms with van der Waals surface area (Å²) in [6, 6.07) is 22.5. The van der Waals surface area contributed by atoms with Gasteiger partial charge in [0.05, 0.1) is 30.7 Å². The smallest absolute Gasteiger partial charge is 0.0620 e.